The van der Waals surface area contributed by atoms with Gasteiger partial charge >= 0.3 is 5.97 Å². The lowest BCUT2D eigenvalue weighted by molar-refractivity contribution is -0.137. The molecule has 0 amide bonds. The number of carbonyl (C=O) groups is 1. The Morgan fingerprint density at radius 2 is 2.17 bits per heavy atom. The minimum atomic E-state index is -3.57. The molecule has 0 radical (unpaired) electrons. The summed E-state index contributed by atoms with van der Waals surface area (Å²) in [6.07, 6.45) is -0.141. The van der Waals surface area contributed by atoms with Gasteiger partial charge in [-0.3, -0.25) is 4.79 Å². The highest BCUT2D eigenvalue weighted by Crippen LogP contribution is 2.24. The van der Waals surface area contributed by atoms with Crippen molar-refractivity contribution in [2.24, 2.45) is 0 Å². The molecular weight excluding hydrogens is 276 g/mol. The van der Waals surface area contributed by atoms with Crippen LogP contribution >= 0.6 is 11.8 Å². The van der Waals surface area contributed by atoms with E-state index in [0.717, 1.165) is 0 Å². The summed E-state index contributed by atoms with van der Waals surface area (Å²) < 4.78 is 27.4. The average molecular weight is 296 g/mol. The van der Waals surface area contributed by atoms with E-state index < -0.39 is 22.2 Å². The van der Waals surface area contributed by atoms with Crippen LogP contribution in [-0.4, -0.2) is 65.3 Å². The van der Waals surface area contributed by atoms with Crippen LogP contribution in [0.2, 0.25) is 0 Å². The first-order valence-corrected chi connectivity index (χ1v) is 8.36. The van der Waals surface area contributed by atoms with E-state index in [1.807, 2.05) is 0 Å². The fourth-order valence-corrected chi connectivity index (χ4v) is 4.72. The lowest BCUT2D eigenvalue weighted by atomic mass is 10.2. The standard InChI is InChI=1S/C10H20N2O4S2/c1-8(2)11(3)18(15,16)12-4-5-17-7-9(12)6-10(13)14/h8-9H,4-7H2,1-3H3,(H,13,14). The maximum absolute atomic E-state index is 12.4. The molecule has 1 saturated heterocycles. The Hall–Kier alpha value is -0.310. The van der Waals surface area contributed by atoms with E-state index in [9.17, 15) is 13.2 Å². The number of thioether (sulfide) groups is 1. The van der Waals surface area contributed by atoms with Crippen LogP contribution in [0.5, 0.6) is 0 Å². The van der Waals surface area contributed by atoms with Crippen LogP contribution in [0.25, 0.3) is 0 Å². The molecule has 0 aliphatic carbocycles. The Morgan fingerprint density at radius 3 is 2.67 bits per heavy atom. The monoisotopic (exact) mass is 296 g/mol. The van der Waals surface area contributed by atoms with E-state index >= 15 is 0 Å². The maximum Gasteiger partial charge on any atom is 0.305 e. The van der Waals surface area contributed by atoms with Crippen molar-refractivity contribution in [2.45, 2.75) is 32.4 Å². The van der Waals surface area contributed by atoms with E-state index in [2.05, 4.69) is 0 Å². The molecule has 1 N–H and O–H groups in total. The largest absolute Gasteiger partial charge is 0.481 e. The quantitative estimate of drug-likeness (QED) is 0.797. The van der Waals surface area contributed by atoms with Gasteiger partial charge in [0.2, 0.25) is 0 Å². The Labute approximate surface area is 113 Å². The van der Waals surface area contributed by atoms with Gasteiger partial charge in [-0.2, -0.15) is 28.8 Å². The number of nitrogens with zero attached hydrogens (tertiary/aromatic N) is 2. The molecule has 18 heavy (non-hydrogen) atoms. The highest BCUT2D eigenvalue weighted by molar-refractivity contribution is 7.99. The summed E-state index contributed by atoms with van der Waals surface area (Å²) in [5, 5.41) is 8.85. The SMILES string of the molecule is CC(C)N(C)S(=O)(=O)N1CCSCC1CC(=O)O. The summed E-state index contributed by atoms with van der Waals surface area (Å²) in [5.41, 5.74) is 0. The van der Waals surface area contributed by atoms with Gasteiger partial charge in [0, 0.05) is 37.2 Å². The summed E-state index contributed by atoms with van der Waals surface area (Å²) >= 11 is 1.60. The molecule has 1 unspecified atom stereocenters. The number of rotatable bonds is 5. The Balaban J connectivity index is 2.92. The van der Waals surface area contributed by atoms with Crippen molar-refractivity contribution in [2.75, 3.05) is 25.1 Å². The van der Waals surface area contributed by atoms with Gasteiger partial charge in [-0.1, -0.05) is 0 Å². The minimum Gasteiger partial charge on any atom is -0.481 e. The van der Waals surface area contributed by atoms with Crippen LogP contribution in [0.1, 0.15) is 20.3 Å². The van der Waals surface area contributed by atoms with Crippen molar-refractivity contribution in [3.63, 3.8) is 0 Å². The van der Waals surface area contributed by atoms with Gasteiger partial charge in [0.25, 0.3) is 10.2 Å². The molecule has 1 atom stereocenters. The summed E-state index contributed by atoms with van der Waals surface area (Å²) in [5.74, 6) is 0.286. The van der Waals surface area contributed by atoms with Crippen LogP contribution in [0, 0.1) is 0 Å². The van der Waals surface area contributed by atoms with Gasteiger partial charge < -0.3 is 5.11 Å². The third kappa shape index (κ3) is 3.59. The number of carboxylic acids is 1. The predicted octanol–water partition coefficient (Wildman–Crippen LogP) is 0.464. The smallest absolute Gasteiger partial charge is 0.305 e. The Morgan fingerprint density at radius 1 is 1.56 bits per heavy atom. The molecule has 1 rings (SSSR count). The van der Waals surface area contributed by atoms with Gasteiger partial charge in [-0.25, -0.2) is 0 Å². The predicted molar refractivity (Wildman–Crippen MR) is 71.9 cm³/mol. The van der Waals surface area contributed by atoms with E-state index in [-0.39, 0.29) is 12.5 Å². The van der Waals surface area contributed by atoms with Crippen molar-refractivity contribution >= 4 is 27.9 Å². The van der Waals surface area contributed by atoms with Gasteiger partial charge in [0.1, 0.15) is 0 Å². The molecule has 6 nitrogen and oxygen atoms in total. The van der Waals surface area contributed by atoms with Gasteiger partial charge in [-0.15, -0.1) is 0 Å². The minimum absolute atomic E-state index is 0.141. The molecule has 0 saturated carbocycles. The second-order valence-corrected chi connectivity index (χ2v) is 7.65. The van der Waals surface area contributed by atoms with Crippen LogP contribution in [0.3, 0.4) is 0 Å². The molecule has 1 aliphatic rings. The highest BCUT2D eigenvalue weighted by Gasteiger charge is 2.37. The number of carboxylic acid groups (broad SMARTS) is 1. The third-order valence-electron chi connectivity index (χ3n) is 2.97. The molecule has 0 aromatic carbocycles. The fraction of sp³-hybridized carbons (Fsp3) is 0.900. The van der Waals surface area contributed by atoms with Gasteiger partial charge in [0.05, 0.1) is 6.42 Å². The molecule has 0 aromatic heterocycles. The zero-order chi connectivity index (χ0) is 13.9. The van der Waals surface area contributed by atoms with Gasteiger partial charge in [0.15, 0.2) is 0 Å². The zero-order valence-corrected chi connectivity index (χ0v) is 12.5. The van der Waals surface area contributed by atoms with Crippen LogP contribution in [0.15, 0.2) is 0 Å². The zero-order valence-electron chi connectivity index (χ0n) is 10.9. The van der Waals surface area contributed by atoms with Crippen molar-refractivity contribution in [1.82, 2.24) is 8.61 Å². The Kier molecular flexibility index (Phi) is 5.45. The second kappa shape index (κ2) is 6.23. The summed E-state index contributed by atoms with van der Waals surface area (Å²) in [6, 6.07) is -0.595. The highest BCUT2D eigenvalue weighted by atomic mass is 32.2. The van der Waals surface area contributed by atoms with Crippen LogP contribution in [0.4, 0.5) is 0 Å². The number of aliphatic carboxylic acids is 1. The summed E-state index contributed by atoms with van der Waals surface area (Å²) in [7, 11) is -2.04. The molecule has 1 heterocycles. The lowest BCUT2D eigenvalue weighted by Gasteiger charge is -2.37. The topological polar surface area (TPSA) is 77.9 Å². The van der Waals surface area contributed by atoms with Crippen LogP contribution < -0.4 is 0 Å². The number of hydrogen-bond acceptors (Lipinski definition) is 4. The normalized spacial score (nSPS) is 22.6. The molecule has 8 heteroatoms. The molecule has 0 aromatic rings. The molecule has 1 fully saturated rings. The molecular formula is C10H20N2O4S2. The van der Waals surface area contributed by atoms with Crippen molar-refractivity contribution < 1.29 is 18.3 Å². The van der Waals surface area contributed by atoms with Crippen molar-refractivity contribution in [3.05, 3.63) is 0 Å². The first kappa shape index (κ1) is 15.7. The van der Waals surface area contributed by atoms with Crippen molar-refractivity contribution in [1.29, 1.82) is 0 Å². The fourth-order valence-electron chi connectivity index (χ4n) is 1.74. The first-order valence-electron chi connectivity index (χ1n) is 5.81. The second-order valence-electron chi connectivity index (χ2n) is 4.56. The number of hydrogen-bond donors (Lipinski definition) is 1. The molecule has 0 bridgehead atoms. The first-order chi connectivity index (χ1) is 8.26. The third-order valence-corrected chi connectivity index (χ3v) is 6.29. The van der Waals surface area contributed by atoms with Crippen LogP contribution in [-0.2, 0) is 15.0 Å². The Bertz CT molecular complexity index is 397. The van der Waals surface area contributed by atoms with Gasteiger partial charge in [-0.05, 0) is 13.8 Å². The summed E-state index contributed by atoms with van der Waals surface area (Å²) in [4.78, 5) is 10.8. The summed E-state index contributed by atoms with van der Waals surface area (Å²) in [6.45, 7) is 3.97. The maximum atomic E-state index is 12.4. The van der Waals surface area contributed by atoms with E-state index in [4.69, 9.17) is 5.11 Å². The average Bonchev–Trinajstić information content (AvgIpc) is 2.27. The van der Waals surface area contributed by atoms with Crippen molar-refractivity contribution in [3.8, 4) is 0 Å². The lowest BCUT2D eigenvalue weighted by Crippen LogP contribution is -2.53. The van der Waals surface area contributed by atoms with E-state index in [1.54, 1.807) is 25.6 Å². The van der Waals surface area contributed by atoms with E-state index in [0.29, 0.717) is 18.1 Å². The molecule has 0 spiro atoms. The van der Waals surface area contributed by atoms with E-state index in [1.165, 1.54) is 15.7 Å². The molecule has 1 aliphatic heterocycles. The molecule has 106 valence electrons.